The Hall–Kier alpha value is -3.39. The van der Waals surface area contributed by atoms with Crippen LogP contribution in [-0.2, 0) is 19.4 Å². The maximum atomic E-state index is 12.5. The van der Waals surface area contributed by atoms with E-state index in [2.05, 4.69) is 5.32 Å². The molecule has 0 saturated carbocycles. The molecule has 1 N–H and O–H groups in total. The van der Waals surface area contributed by atoms with E-state index in [1.54, 1.807) is 57.3 Å². The minimum absolute atomic E-state index is 0.139. The first-order valence-corrected chi connectivity index (χ1v) is 11.3. The van der Waals surface area contributed by atoms with E-state index < -0.39 is 33.3 Å². The van der Waals surface area contributed by atoms with E-state index in [1.807, 2.05) is 12.1 Å². The Morgan fingerprint density at radius 3 is 2.35 bits per heavy atom. The summed E-state index contributed by atoms with van der Waals surface area (Å²) in [7, 11) is -3.63. The zero-order valence-corrected chi connectivity index (χ0v) is 18.3. The zero-order chi connectivity index (χ0) is 22.6. The van der Waals surface area contributed by atoms with Crippen molar-refractivity contribution in [3.05, 3.63) is 72.4 Å². The lowest BCUT2D eigenvalue weighted by Crippen LogP contribution is -2.28. The Balaban J connectivity index is 1.77. The highest BCUT2D eigenvalue weighted by molar-refractivity contribution is 7.91. The second-order valence-corrected chi connectivity index (χ2v) is 9.89. The number of benzene rings is 2. The molecule has 0 aliphatic rings. The third kappa shape index (κ3) is 5.61. The molecule has 0 aliphatic heterocycles. The van der Waals surface area contributed by atoms with E-state index in [1.165, 1.54) is 28.9 Å². The predicted molar refractivity (Wildman–Crippen MR) is 119 cm³/mol. The minimum Gasteiger partial charge on any atom is -0.443 e. The predicted octanol–water partition coefficient (Wildman–Crippen LogP) is 3.99. The molecule has 0 spiro atoms. The lowest BCUT2D eigenvalue weighted by molar-refractivity contribution is -0.116. The standard InChI is InChI=1S/C23H24N2O5S/c1-23(2,3)30-22(27)25-15-17(19-11-7-8-12-20(19)25)13-14-21(26)24-16-31(28,29)18-9-5-4-6-10-18/h4-15H,16H2,1-3H3,(H,24,26)/b14-13+. The Kier molecular flexibility index (Phi) is 6.31. The van der Waals surface area contributed by atoms with Crippen LogP contribution in [0.4, 0.5) is 4.79 Å². The van der Waals surface area contributed by atoms with Gasteiger partial charge in [-0.3, -0.25) is 9.36 Å². The molecule has 162 valence electrons. The van der Waals surface area contributed by atoms with E-state index in [9.17, 15) is 18.0 Å². The Morgan fingerprint density at radius 1 is 1.03 bits per heavy atom. The maximum absolute atomic E-state index is 12.5. The molecule has 7 nitrogen and oxygen atoms in total. The van der Waals surface area contributed by atoms with Crippen molar-refractivity contribution in [2.24, 2.45) is 0 Å². The number of amides is 1. The first-order valence-electron chi connectivity index (χ1n) is 9.64. The fraction of sp³-hybridized carbons (Fsp3) is 0.217. The van der Waals surface area contributed by atoms with Crippen LogP contribution in [0.25, 0.3) is 17.0 Å². The van der Waals surface area contributed by atoms with Crippen LogP contribution in [-0.4, -0.2) is 36.5 Å². The van der Waals surface area contributed by atoms with Crippen molar-refractivity contribution in [1.29, 1.82) is 0 Å². The Bertz CT molecular complexity index is 1240. The number of ether oxygens (including phenoxy) is 1. The van der Waals surface area contributed by atoms with Crippen LogP contribution in [0.1, 0.15) is 26.3 Å². The van der Waals surface area contributed by atoms with Gasteiger partial charge in [0.25, 0.3) is 0 Å². The van der Waals surface area contributed by atoms with Gasteiger partial charge in [0.15, 0.2) is 9.84 Å². The molecule has 31 heavy (non-hydrogen) atoms. The molecule has 0 radical (unpaired) electrons. The van der Waals surface area contributed by atoms with Gasteiger partial charge in [-0.05, 0) is 45.0 Å². The first kappa shape index (κ1) is 22.3. The van der Waals surface area contributed by atoms with Crippen LogP contribution in [0.2, 0.25) is 0 Å². The first-order chi connectivity index (χ1) is 14.6. The van der Waals surface area contributed by atoms with Gasteiger partial charge in [0, 0.05) is 23.2 Å². The molecular formula is C23H24N2O5S. The zero-order valence-electron chi connectivity index (χ0n) is 17.5. The number of aromatic nitrogens is 1. The highest BCUT2D eigenvalue weighted by Crippen LogP contribution is 2.24. The molecule has 0 aliphatic carbocycles. The van der Waals surface area contributed by atoms with Gasteiger partial charge in [0.2, 0.25) is 5.91 Å². The number of hydrogen-bond donors (Lipinski definition) is 1. The van der Waals surface area contributed by atoms with Crippen molar-refractivity contribution in [3.63, 3.8) is 0 Å². The molecule has 1 heterocycles. The third-order valence-electron chi connectivity index (χ3n) is 4.29. The number of fused-ring (bicyclic) bond motifs is 1. The summed E-state index contributed by atoms with van der Waals surface area (Å²) < 4.78 is 31.4. The number of nitrogens with one attached hydrogen (secondary N) is 1. The highest BCUT2D eigenvalue weighted by Gasteiger charge is 2.20. The average Bonchev–Trinajstić information content (AvgIpc) is 3.09. The van der Waals surface area contributed by atoms with E-state index in [0.717, 1.165) is 5.39 Å². The summed E-state index contributed by atoms with van der Waals surface area (Å²) in [6.45, 7) is 5.35. The number of carbonyl (C=O) groups excluding carboxylic acids is 2. The topological polar surface area (TPSA) is 94.5 Å². The quantitative estimate of drug-likeness (QED) is 0.606. The largest absolute Gasteiger partial charge is 0.443 e. The maximum Gasteiger partial charge on any atom is 0.419 e. The molecule has 0 bridgehead atoms. The van der Waals surface area contributed by atoms with Gasteiger partial charge in [0.05, 0.1) is 10.4 Å². The van der Waals surface area contributed by atoms with Gasteiger partial charge in [-0.2, -0.15) is 0 Å². The summed E-state index contributed by atoms with van der Waals surface area (Å²) in [5.41, 5.74) is 0.619. The number of carbonyl (C=O) groups is 2. The summed E-state index contributed by atoms with van der Waals surface area (Å²) in [6.07, 6.45) is 3.83. The molecule has 3 aromatic rings. The van der Waals surface area contributed by atoms with E-state index in [4.69, 9.17) is 4.74 Å². The van der Waals surface area contributed by atoms with Gasteiger partial charge < -0.3 is 10.1 Å². The Labute approximate surface area is 181 Å². The fourth-order valence-electron chi connectivity index (χ4n) is 2.90. The minimum atomic E-state index is -3.63. The molecule has 0 atom stereocenters. The smallest absolute Gasteiger partial charge is 0.419 e. The summed E-state index contributed by atoms with van der Waals surface area (Å²) in [5.74, 6) is -1.08. The van der Waals surface area contributed by atoms with Crippen molar-refractivity contribution in [1.82, 2.24) is 9.88 Å². The second-order valence-electron chi connectivity index (χ2n) is 7.90. The normalized spacial score (nSPS) is 12.2. The van der Waals surface area contributed by atoms with Gasteiger partial charge in [-0.1, -0.05) is 36.4 Å². The number of para-hydroxylation sites is 1. The van der Waals surface area contributed by atoms with Crippen LogP contribution in [0.5, 0.6) is 0 Å². The molecule has 0 saturated heterocycles. The second kappa shape index (κ2) is 8.77. The van der Waals surface area contributed by atoms with Crippen molar-refractivity contribution >= 4 is 38.8 Å². The van der Waals surface area contributed by atoms with Gasteiger partial charge in [-0.15, -0.1) is 0 Å². The molecule has 8 heteroatoms. The summed E-state index contributed by atoms with van der Waals surface area (Å²) in [6, 6.07) is 15.1. The van der Waals surface area contributed by atoms with Crippen molar-refractivity contribution in [2.45, 2.75) is 31.3 Å². The summed E-state index contributed by atoms with van der Waals surface area (Å²) >= 11 is 0. The van der Waals surface area contributed by atoms with Gasteiger partial charge >= 0.3 is 6.09 Å². The fourth-order valence-corrected chi connectivity index (χ4v) is 3.97. The van der Waals surface area contributed by atoms with Gasteiger partial charge in [0.1, 0.15) is 11.5 Å². The molecule has 3 rings (SSSR count). The van der Waals surface area contributed by atoms with Crippen molar-refractivity contribution < 1.29 is 22.7 Å². The third-order valence-corrected chi connectivity index (χ3v) is 5.80. The lowest BCUT2D eigenvalue weighted by Gasteiger charge is -2.19. The molecule has 0 unspecified atom stereocenters. The number of rotatable bonds is 5. The van der Waals surface area contributed by atoms with Crippen LogP contribution in [0.15, 0.2) is 71.8 Å². The highest BCUT2D eigenvalue weighted by atomic mass is 32.2. The molecule has 1 aromatic heterocycles. The number of hydrogen-bond acceptors (Lipinski definition) is 5. The van der Waals surface area contributed by atoms with E-state index in [-0.39, 0.29) is 4.90 Å². The van der Waals surface area contributed by atoms with Crippen molar-refractivity contribution in [2.75, 3.05) is 5.88 Å². The monoisotopic (exact) mass is 440 g/mol. The van der Waals surface area contributed by atoms with Crippen LogP contribution >= 0.6 is 0 Å². The lowest BCUT2D eigenvalue weighted by atomic mass is 10.1. The van der Waals surface area contributed by atoms with E-state index in [0.29, 0.717) is 11.1 Å². The SMILES string of the molecule is CC(C)(C)OC(=O)n1cc(/C=C/C(=O)NCS(=O)(=O)c2ccccc2)c2ccccc21. The van der Waals surface area contributed by atoms with Crippen LogP contribution in [0.3, 0.4) is 0 Å². The molecule has 0 fully saturated rings. The number of nitrogens with zero attached hydrogens (tertiary/aromatic N) is 1. The summed E-state index contributed by atoms with van der Waals surface area (Å²) in [4.78, 5) is 24.9. The number of sulfone groups is 1. The van der Waals surface area contributed by atoms with E-state index >= 15 is 0 Å². The van der Waals surface area contributed by atoms with Gasteiger partial charge in [-0.25, -0.2) is 13.2 Å². The van der Waals surface area contributed by atoms with Crippen LogP contribution in [0, 0.1) is 0 Å². The average molecular weight is 441 g/mol. The summed E-state index contributed by atoms with van der Waals surface area (Å²) in [5, 5.41) is 3.15. The van der Waals surface area contributed by atoms with Crippen molar-refractivity contribution in [3.8, 4) is 0 Å². The molecule has 1 amide bonds. The molecule has 2 aromatic carbocycles. The van der Waals surface area contributed by atoms with Crippen LogP contribution < -0.4 is 5.32 Å². The Morgan fingerprint density at radius 2 is 1.68 bits per heavy atom. The molecular weight excluding hydrogens is 416 g/mol.